The normalized spacial score (nSPS) is 15.0. The van der Waals surface area contributed by atoms with Gasteiger partial charge >= 0.3 is 0 Å². The first-order chi connectivity index (χ1) is 12.6. The molecule has 1 aliphatic heterocycles. The standard InChI is InChI=1S/C20H24ClN3O2/c21-17-3-7-19(8-4-17)26-14-13-23-9-11-24(12-10-23)20(25)15-16-1-5-18(22)6-2-16/h1-8H,9-15,22H2. The van der Waals surface area contributed by atoms with Gasteiger partial charge in [0.15, 0.2) is 0 Å². The van der Waals surface area contributed by atoms with Gasteiger partial charge in [-0.15, -0.1) is 0 Å². The molecule has 138 valence electrons. The van der Waals surface area contributed by atoms with Crippen LogP contribution in [-0.4, -0.2) is 55.0 Å². The Kier molecular flexibility index (Phi) is 6.36. The minimum absolute atomic E-state index is 0.173. The van der Waals surface area contributed by atoms with Crippen molar-refractivity contribution >= 4 is 23.2 Å². The van der Waals surface area contributed by atoms with Crippen molar-refractivity contribution in [3.05, 3.63) is 59.1 Å². The summed E-state index contributed by atoms with van der Waals surface area (Å²) in [4.78, 5) is 16.7. The molecular weight excluding hydrogens is 350 g/mol. The predicted molar refractivity (Wildman–Crippen MR) is 105 cm³/mol. The number of nitrogen functional groups attached to an aromatic ring is 1. The Balaban J connectivity index is 1.37. The molecule has 0 spiro atoms. The monoisotopic (exact) mass is 373 g/mol. The lowest BCUT2D eigenvalue weighted by Crippen LogP contribution is -2.49. The van der Waals surface area contributed by atoms with Crippen LogP contribution in [0.15, 0.2) is 48.5 Å². The number of nitrogens with zero attached hydrogens (tertiary/aromatic N) is 2. The molecule has 3 rings (SSSR count). The molecule has 26 heavy (non-hydrogen) atoms. The number of carbonyl (C=O) groups excluding carboxylic acids is 1. The van der Waals surface area contributed by atoms with E-state index in [4.69, 9.17) is 22.1 Å². The SMILES string of the molecule is Nc1ccc(CC(=O)N2CCN(CCOc3ccc(Cl)cc3)CC2)cc1. The number of hydrogen-bond acceptors (Lipinski definition) is 4. The number of carbonyl (C=O) groups is 1. The summed E-state index contributed by atoms with van der Waals surface area (Å²) in [5.74, 6) is 0.999. The summed E-state index contributed by atoms with van der Waals surface area (Å²) in [6.45, 7) is 4.74. The molecule has 0 saturated carbocycles. The van der Waals surface area contributed by atoms with Crippen LogP contribution in [0.5, 0.6) is 5.75 Å². The van der Waals surface area contributed by atoms with Crippen molar-refractivity contribution in [2.45, 2.75) is 6.42 Å². The van der Waals surface area contributed by atoms with E-state index in [1.807, 2.05) is 53.4 Å². The van der Waals surface area contributed by atoms with Gasteiger partial charge in [-0.2, -0.15) is 0 Å². The third kappa shape index (κ3) is 5.38. The fourth-order valence-electron chi connectivity index (χ4n) is 2.97. The van der Waals surface area contributed by atoms with E-state index in [2.05, 4.69) is 4.90 Å². The van der Waals surface area contributed by atoms with Gasteiger partial charge in [0.05, 0.1) is 6.42 Å². The van der Waals surface area contributed by atoms with Crippen LogP contribution in [0, 0.1) is 0 Å². The number of benzene rings is 2. The lowest BCUT2D eigenvalue weighted by Gasteiger charge is -2.34. The molecule has 1 saturated heterocycles. The largest absolute Gasteiger partial charge is 0.492 e. The molecule has 5 nitrogen and oxygen atoms in total. The van der Waals surface area contributed by atoms with Gasteiger partial charge < -0.3 is 15.4 Å². The van der Waals surface area contributed by atoms with Crippen LogP contribution in [-0.2, 0) is 11.2 Å². The van der Waals surface area contributed by atoms with E-state index in [1.54, 1.807) is 0 Å². The van der Waals surface area contributed by atoms with Crippen molar-refractivity contribution in [2.75, 3.05) is 45.1 Å². The average Bonchev–Trinajstić information content (AvgIpc) is 2.66. The Bertz CT molecular complexity index is 711. The highest BCUT2D eigenvalue weighted by Gasteiger charge is 2.20. The highest BCUT2D eigenvalue weighted by atomic mass is 35.5. The Morgan fingerprint density at radius 1 is 1.00 bits per heavy atom. The first-order valence-corrected chi connectivity index (χ1v) is 9.21. The number of rotatable bonds is 6. The molecule has 0 aromatic heterocycles. The van der Waals surface area contributed by atoms with Gasteiger partial charge in [0.1, 0.15) is 12.4 Å². The summed E-state index contributed by atoms with van der Waals surface area (Å²) in [6, 6.07) is 14.9. The van der Waals surface area contributed by atoms with Gasteiger partial charge in [-0.1, -0.05) is 23.7 Å². The molecule has 1 aliphatic rings. The Hall–Kier alpha value is -2.24. The molecule has 6 heteroatoms. The van der Waals surface area contributed by atoms with Crippen LogP contribution in [0.3, 0.4) is 0 Å². The first-order valence-electron chi connectivity index (χ1n) is 8.83. The highest BCUT2D eigenvalue weighted by Crippen LogP contribution is 2.15. The summed E-state index contributed by atoms with van der Waals surface area (Å²) < 4.78 is 5.74. The van der Waals surface area contributed by atoms with Crippen molar-refractivity contribution in [3.63, 3.8) is 0 Å². The number of anilines is 1. The lowest BCUT2D eigenvalue weighted by atomic mass is 10.1. The fourth-order valence-corrected chi connectivity index (χ4v) is 3.09. The lowest BCUT2D eigenvalue weighted by molar-refractivity contribution is -0.132. The Morgan fingerprint density at radius 3 is 2.31 bits per heavy atom. The summed E-state index contributed by atoms with van der Waals surface area (Å²) >= 11 is 5.86. The van der Waals surface area contributed by atoms with E-state index < -0.39 is 0 Å². The fraction of sp³-hybridized carbons (Fsp3) is 0.350. The van der Waals surface area contributed by atoms with E-state index in [0.717, 1.165) is 49.7 Å². The zero-order chi connectivity index (χ0) is 18.4. The van der Waals surface area contributed by atoms with E-state index in [0.29, 0.717) is 18.1 Å². The summed E-state index contributed by atoms with van der Waals surface area (Å²) in [5, 5.41) is 0.706. The number of piperazine rings is 1. The number of amides is 1. The van der Waals surface area contributed by atoms with Crippen molar-refractivity contribution in [1.82, 2.24) is 9.80 Å². The molecule has 1 fully saturated rings. The van der Waals surface area contributed by atoms with Crippen LogP contribution in [0.25, 0.3) is 0 Å². The van der Waals surface area contributed by atoms with Crippen LogP contribution in [0.4, 0.5) is 5.69 Å². The Labute approximate surface area is 159 Å². The molecule has 0 aliphatic carbocycles. The van der Waals surface area contributed by atoms with Crippen LogP contribution < -0.4 is 10.5 Å². The summed E-state index contributed by atoms with van der Waals surface area (Å²) in [5.41, 5.74) is 7.40. The molecular formula is C20H24ClN3O2. The predicted octanol–water partition coefficient (Wildman–Crippen LogP) is 2.69. The average molecular weight is 374 g/mol. The number of halogens is 1. The second-order valence-corrected chi connectivity index (χ2v) is 6.88. The van der Waals surface area contributed by atoms with Gasteiger partial charge in [0.2, 0.25) is 5.91 Å². The molecule has 2 aromatic rings. The van der Waals surface area contributed by atoms with Crippen molar-refractivity contribution in [2.24, 2.45) is 0 Å². The topological polar surface area (TPSA) is 58.8 Å². The molecule has 2 N–H and O–H groups in total. The maximum atomic E-state index is 12.4. The minimum Gasteiger partial charge on any atom is -0.492 e. The Morgan fingerprint density at radius 2 is 1.65 bits per heavy atom. The minimum atomic E-state index is 0.173. The van der Waals surface area contributed by atoms with Crippen molar-refractivity contribution in [3.8, 4) is 5.75 Å². The smallest absolute Gasteiger partial charge is 0.227 e. The van der Waals surface area contributed by atoms with Crippen LogP contribution in [0.2, 0.25) is 5.02 Å². The number of ether oxygens (including phenoxy) is 1. The number of hydrogen-bond donors (Lipinski definition) is 1. The summed E-state index contributed by atoms with van der Waals surface area (Å²) in [6.07, 6.45) is 0.431. The molecule has 2 aromatic carbocycles. The highest BCUT2D eigenvalue weighted by molar-refractivity contribution is 6.30. The van der Waals surface area contributed by atoms with Gasteiger partial charge in [-0.3, -0.25) is 9.69 Å². The molecule has 0 unspecified atom stereocenters. The van der Waals surface area contributed by atoms with E-state index in [-0.39, 0.29) is 5.91 Å². The third-order valence-corrected chi connectivity index (χ3v) is 4.80. The molecule has 0 radical (unpaired) electrons. The van der Waals surface area contributed by atoms with Gasteiger partial charge in [0, 0.05) is 43.4 Å². The maximum Gasteiger partial charge on any atom is 0.227 e. The van der Waals surface area contributed by atoms with Crippen molar-refractivity contribution < 1.29 is 9.53 Å². The summed E-state index contributed by atoms with van der Waals surface area (Å²) in [7, 11) is 0. The molecule has 1 amide bonds. The second-order valence-electron chi connectivity index (χ2n) is 6.44. The maximum absolute atomic E-state index is 12.4. The first kappa shape index (κ1) is 18.5. The zero-order valence-electron chi connectivity index (χ0n) is 14.7. The zero-order valence-corrected chi connectivity index (χ0v) is 15.5. The third-order valence-electron chi connectivity index (χ3n) is 4.55. The molecule has 0 bridgehead atoms. The van der Waals surface area contributed by atoms with Crippen molar-refractivity contribution in [1.29, 1.82) is 0 Å². The second kappa shape index (κ2) is 8.92. The molecule has 1 heterocycles. The van der Waals surface area contributed by atoms with Gasteiger partial charge in [0.25, 0.3) is 0 Å². The van der Waals surface area contributed by atoms with Crippen LogP contribution >= 0.6 is 11.6 Å². The van der Waals surface area contributed by atoms with Gasteiger partial charge in [-0.25, -0.2) is 0 Å². The van der Waals surface area contributed by atoms with E-state index in [9.17, 15) is 4.79 Å². The van der Waals surface area contributed by atoms with Gasteiger partial charge in [-0.05, 0) is 42.0 Å². The van der Waals surface area contributed by atoms with E-state index >= 15 is 0 Å². The number of nitrogens with two attached hydrogens (primary N) is 1. The van der Waals surface area contributed by atoms with Crippen LogP contribution in [0.1, 0.15) is 5.56 Å². The quantitative estimate of drug-likeness (QED) is 0.791. The molecule has 0 atom stereocenters. The van der Waals surface area contributed by atoms with E-state index in [1.165, 1.54) is 0 Å².